The topological polar surface area (TPSA) is 46.5 Å². The molecule has 1 heterocycles. The van der Waals surface area contributed by atoms with Crippen LogP contribution in [0, 0.1) is 0 Å². The lowest BCUT2D eigenvalue weighted by molar-refractivity contribution is -0.136. The van der Waals surface area contributed by atoms with Gasteiger partial charge in [0.1, 0.15) is 16.7 Å². The van der Waals surface area contributed by atoms with Gasteiger partial charge in [0.25, 0.3) is 0 Å². The number of ether oxygens (including phenoxy) is 1. The van der Waals surface area contributed by atoms with Gasteiger partial charge in [-0.15, -0.1) is 11.8 Å². The minimum absolute atomic E-state index is 0.613. The van der Waals surface area contributed by atoms with Crippen molar-refractivity contribution in [3.8, 4) is 11.5 Å². The van der Waals surface area contributed by atoms with Gasteiger partial charge in [-0.2, -0.15) is 0 Å². The van der Waals surface area contributed by atoms with Crippen LogP contribution in [0.15, 0.2) is 53.4 Å². The van der Waals surface area contributed by atoms with Crippen molar-refractivity contribution >= 4 is 17.7 Å². The molecule has 1 N–H and O–H groups in total. The number of carboxylic acids is 1. The number of benzene rings is 2. The molecule has 18 heavy (non-hydrogen) atoms. The van der Waals surface area contributed by atoms with E-state index in [4.69, 9.17) is 4.74 Å². The van der Waals surface area contributed by atoms with Crippen LogP contribution in [0.1, 0.15) is 10.8 Å². The Morgan fingerprint density at radius 3 is 2.50 bits per heavy atom. The molecule has 3 nitrogen and oxygen atoms in total. The molecule has 1 atom stereocenters. The quantitative estimate of drug-likeness (QED) is 0.847. The number of carboxylic acid groups (broad SMARTS) is 1. The third-order valence-electron chi connectivity index (χ3n) is 2.74. The third-order valence-corrected chi connectivity index (χ3v) is 4.02. The molecule has 0 spiro atoms. The first-order valence-corrected chi connectivity index (χ1v) is 6.39. The van der Waals surface area contributed by atoms with Crippen molar-refractivity contribution < 1.29 is 14.6 Å². The number of thioether (sulfide) groups is 1. The first-order chi connectivity index (χ1) is 8.75. The van der Waals surface area contributed by atoms with Gasteiger partial charge < -0.3 is 9.84 Å². The van der Waals surface area contributed by atoms with E-state index in [0.29, 0.717) is 17.1 Å². The highest BCUT2D eigenvalue weighted by Crippen LogP contribution is 2.47. The summed E-state index contributed by atoms with van der Waals surface area (Å²) in [5.41, 5.74) is 0.700. The van der Waals surface area contributed by atoms with Crippen LogP contribution >= 0.6 is 11.8 Å². The zero-order valence-electron chi connectivity index (χ0n) is 9.37. The van der Waals surface area contributed by atoms with Crippen LogP contribution in [0.5, 0.6) is 11.5 Å². The zero-order valence-corrected chi connectivity index (χ0v) is 10.2. The number of hydrogen-bond acceptors (Lipinski definition) is 3. The Hall–Kier alpha value is -1.94. The van der Waals surface area contributed by atoms with Gasteiger partial charge in [-0.1, -0.05) is 30.3 Å². The molecular weight excluding hydrogens is 248 g/mol. The van der Waals surface area contributed by atoms with Crippen LogP contribution in [0.3, 0.4) is 0 Å². The van der Waals surface area contributed by atoms with Gasteiger partial charge in [-0.05, 0) is 18.2 Å². The van der Waals surface area contributed by atoms with Gasteiger partial charge in [0.05, 0.1) is 4.90 Å². The molecule has 0 fully saturated rings. The average Bonchev–Trinajstić information content (AvgIpc) is 2.55. The molecule has 1 aliphatic rings. The standard InChI is InChI=1S/C14H10O3S/c15-14(16)13-9-5-1-2-6-10(9)17-11-7-3-4-8-12(11)18-13/h1-8,13H,(H,15,16)/t13-/m1/s1. The molecule has 1 aliphatic heterocycles. The van der Waals surface area contributed by atoms with E-state index < -0.39 is 11.2 Å². The lowest BCUT2D eigenvalue weighted by Gasteiger charge is -2.10. The molecule has 0 saturated carbocycles. The van der Waals surface area contributed by atoms with Gasteiger partial charge in [-0.25, -0.2) is 0 Å². The Balaban J connectivity index is 2.17. The van der Waals surface area contributed by atoms with Gasteiger partial charge in [0, 0.05) is 5.56 Å². The first-order valence-electron chi connectivity index (χ1n) is 5.51. The summed E-state index contributed by atoms with van der Waals surface area (Å²) in [4.78, 5) is 12.3. The number of carbonyl (C=O) groups is 1. The summed E-state index contributed by atoms with van der Waals surface area (Å²) >= 11 is 1.30. The van der Waals surface area contributed by atoms with E-state index in [1.165, 1.54) is 11.8 Å². The molecular formula is C14H10O3S. The molecule has 3 rings (SSSR count). The summed E-state index contributed by atoms with van der Waals surface area (Å²) in [6, 6.07) is 14.8. The van der Waals surface area contributed by atoms with Crippen LogP contribution in [0.25, 0.3) is 0 Å². The second-order valence-corrected chi connectivity index (χ2v) is 5.07. The van der Waals surface area contributed by atoms with Crippen LogP contribution < -0.4 is 4.74 Å². The minimum Gasteiger partial charge on any atom is -0.480 e. The smallest absolute Gasteiger partial charge is 0.321 e. The number of rotatable bonds is 1. The highest BCUT2D eigenvalue weighted by atomic mass is 32.2. The van der Waals surface area contributed by atoms with Crippen molar-refractivity contribution in [2.45, 2.75) is 10.1 Å². The molecule has 0 radical (unpaired) electrons. The summed E-state index contributed by atoms with van der Waals surface area (Å²) in [6.45, 7) is 0. The van der Waals surface area contributed by atoms with Crippen LogP contribution in [0.2, 0.25) is 0 Å². The molecule has 0 aliphatic carbocycles. The predicted molar refractivity (Wildman–Crippen MR) is 69.2 cm³/mol. The number of aliphatic carboxylic acids is 1. The van der Waals surface area contributed by atoms with Crippen LogP contribution in [-0.2, 0) is 4.79 Å². The number of fused-ring (bicyclic) bond motifs is 2. The molecule has 0 unspecified atom stereocenters. The fraction of sp³-hybridized carbons (Fsp3) is 0.0714. The number of hydrogen-bond donors (Lipinski definition) is 1. The van der Waals surface area contributed by atoms with E-state index in [9.17, 15) is 9.90 Å². The maximum atomic E-state index is 11.4. The maximum Gasteiger partial charge on any atom is 0.321 e. The van der Waals surface area contributed by atoms with Crippen molar-refractivity contribution in [3.05, 3.63) is 54.1 Å². The van der Waals surface area contributed by atoms with Gasteiger partial charge in [-0.3, -0.25) is 4.79 Å². The van der Waals surface area contributed by atoms with Crippen LogP contribution in [-0.4, -0.2) is 11.1 Å². The largest absolute Gasteiger partial charge is 0.480 e. The fourth-order valence-electron chi connectivity index (χ4n) is 1.91. The molecule has 0 amide bonds. The molecule has 90 valence electrons. The highest BCUT2D eigenvalue weighted by Gasteiger charge is 2.28. The van der Waals surface area contributed by atoms with E-state index in [1.807, 2.05) is 36.4 Å². The summed E-state index contributed by atoms with van der Waals surface area (Å²) < 4.78 is 5.80. The highest BCUT2D eigenvalue weighted by molar-refractivity contribution is 8.00. The Bertz CT molecular complexity index is 609. The normalized spacial score (nSPS) is 17.0. The Morgan fingerprint density at radius 2 is 1.72 bits per heavy atom. The van der Waals surface area contributed by atoms with Crippen molar-refractivity contribution in [1.29, 1.82) is 0 Å². The van der Waals surface area contributed by atoms with Crippen molar-refractivity contribution in [2.24, 2.45) is 0 Å². The Labute approximate surface area is 108 Å². The number of para-hydroxylation sites is 2. The van der Waals surface area contributed by atoms with E-state index in [2.05, 4.69) is 0 Å². The average molecular weight is 258 g/mol. The summed E-state index contributed by atoms with van der Waals surface area (Å²) in [5.74, 6) is 0.466. The van der Waals surface area contributed by atoms with Gasteiger partial charge in [0.2, 0.25) is 0 Å². The Morgan fingerprint density at radius 1 is 1.06 bits per heavy atom. The predicted octanol–water partition coefficient (Wildman–Crippen LogP) is 3.71. The first kappa shape index (κ1) is 11.2. The molecule has 0 bridgehead atoms. The lowest BCUT2D eigenvalue weighted by atomic mass is 10.1. The molecule has 2 aromatic rings. The summed E-state index contributed by atoms with van der Waals surface area (Å²) in [7, 11) is 0. The summed E-state index contributed by atoms with van der Waals surface area (Å²) in [6.07, 6.45) is 0. The Kier molecular flexibility index (Phi) is 2.72. The van der Waals surface area contributed by atoms with Crippen LogP contribution in [0.4, 0.5) is 0 Å². The zero-order chi connectivity index (χ0) is 12.5. The van der Waals surface area contributed by atoms with Crippen molar-refractivity contribution in [3.63, 3.8) is 0 Å². The molecule has 0 saturated heterocycles. The van der Waals surface area contributed by atoms with E-state index >= 15 is 0 Å². The van der Waals surface area contributed by atoms with E-state index in [1.54, 1.807) is 12.1 Å². The SMILES string of the molecule is O=C(O)[C@@H]1Sc2ccccc2Oc2ccccc21. The second kappa shape index (κ2) is 4.38. The van der Waals surface area contributed by atoms with Gasteiger partial charge >= 0.3 is 5.97 Å². The second-order valence-electron chi connectivity index (χ2n) is 3.92. The maximum absolute atomic E-state index is 11.4. The lowest BCUT2D eigenvalue weighted by Crippen LogP contribution is -2.07. The fourth-order valence-corrected chi connectivity index (χ4v) is 2.97. The molecule has 0 aromatic heterocycles. The van der Waals surface area contributed by atoms with E-state index in [-0.39, 0.29) is 0 Å². The van der Waals surface area contributed by atoms with Gasteiger partial charge in [0.15, 0.2) is 0 Å². The third kappa shape index (κ3) is 1.84. The summed E-state index contributed by atoms with van der Waals surface area (Å²) in [5, 5.41) is 8.72. The van der Waals surface area contributed by atoms with Crippen molar-refractivity contribution in [1.82, 2.24) is 0 Å². The molecule has 4 heteroatoms. The van der Waals surface area contributed by atoms with E-state index in [0.717, 1.165) is 4.90 Å². The monoisotopic (exact) mass is 258 g/mol. The minimum atomic E-state index is -0.854. The van der Waals surface area contributed by atoms with Crippen molar-refractivity contribution in [2.75, 3.05) is 0 Å². The molecule has 2 aromatic carbocycles.